The molecule has 94 valence electrons. The standard InChI is InChI=1S/C15H23NS/c1-15(2,3)17-14-11-7-10-13(14)16-12-8-5-4-6-9-12/h4-6,8-9,13-14,16H,7,10-11H2,1-3H3. The molecule has 0 amide bonds. The van der Waals surface area contributed by atoms with Crippen molar-refractivity contribution in [1.29, 1.82) is 0 Å². The second-order valence-corrected chi connectivity index (χ2v) is 7.88. The predicted molar refractivity (Wildman–Crippen MR) is 78.8 cm³/mol. The van der Waals surface area contributed by atoms with Gasteiger partial charge < -0.3 is 5.32 Å². The van der Waals surface area contributed by atoms with Crippen LogP contribution >= 0.6 is 11.8 Å². The molecule has 2 unspecified atom stereocenters. The van der Waals surface area contributed by atoms with Gasteiger partial charge in [-0.15, -0.1) is 0 Å². The van der Waals surface area contributed by atoms with Crippen molar-refractivity contribution in [3.8, 4) is 0 Å². The normalized spacial score (nSPS) is 24.9. The van der Waals surface area contributed by atoms with Crippen molar-refractivity contribution in [2.24, 2.45) is 0 Å². The molecule has 1 saturated carbocycles. The summed E-state index contributed by atoms with van der Waals surface area (Å²) in [6, 6.07) is 11.2. The number of thioether (sulfide) groups is 1. The minimum atomic E-state index is 0.367. The van der Waals surface area contributed by atoms with Crippen molar-refractivity contribution in [2.45, 2.75) is 56.1 Å². The summed E-state index contributed by atoms with van der Waals surface area (Å²) in [6.45, 7) is 6.95. The highest BCUT2D eigenvalue weighted by Gasteiger charge is 2.31. The lowest BCUT2D eigenvalue weighted by Gasteiger charge is -2.28. The van der Waals surface area contributed by atoms with Gasteiger partial charge in [0.25, 0.3) is 0 Å². The largest absolute Gasteiger partial charge is 0.381 e. The number of benzene rings is 1. The zero-order valence-corrected chi connectivity index (χ0v) is 11.9. The van der Waals surface area contributed by atoms with Crippen LogP contribution < -0.4 is 5.32 Å². The highest BCUT2D eigenvalue weighted by Crippen LogP contribution is 2.38. The van der Waals surface area contributed by atoms with E-state index in [1.165, 1.54) is 24.9 Å². The fourth-order valence-corrected chi connectivity index (χ4v) is 4.00. The molecule has 0 aromatic heterocycles. The third-order valence-electron chi connectivity index (χ3n) is 3.08. The fourth-order valence-electron chi connectivity index (χ4n) is 2.43. The van der Waals surface area contributed by atoms with Crippen LogP contribution in [-0.2, 0) is 0 Å². The van der Waals surface area contributed by atoms with Crippen LogP contribution in [0.25, 0.3) is 0 Å². The molecule has 0 bridgehead atoms. The van der Waals surface area contributed by atoms with Gasteiger partial charge in [-0.1, -0.05) is 45.4 Å². The highest BCUT2D eigenvalue weighted by molar-refractivity contribution is 8.01. The quantitative estimate of drug-likeness (QED) is 0.843. The zero-order valence-electron chi connectivity index (χ0n) is 11.1. The molecule has 1 aromatic carbocycles. The van der Waals surface area contributed by atoms with E-state index in [-0.39, 0.29) is 0 Å². The molecular weight excluding hydrogens is 226 g/mol. The summed E-state index contributed by atoms with van der Waals surface area (Å²) in [5.74, 6) is 0. The molecule has 0 aliphatic heterocycles. The molecule has 0 heterocycles. The maximum Gasteiger partial charge on any atom is 0.0380 e. The van der Waals surface area contributed by atoms with Gasteiger partial charge in [0.05, 0.1) is 0 Å². The Morgan fingerprint density at radius 3 is 2.47 bits per heavy atom. The SMILES string of the molecule is CC(C)(C)SC1CCCC1Nc1ccccc1. The number of hydrogen-bond acceptors (Lipinski definition) is 2. The van der Waals surface area contributed by atoms with Crippen molar-refractivity contribution in [2.75, 3.05) is 5.32 Å². The molecule has 0 spiro atoms. The van der Waals surface area contributed by atoms with E-state index in [0.717, 1.165) is 5.25 Å². The van der Waals surface area contributed by atoms with Crippen molar-refractivity contribution >= 4 is 17.4 Å². The molecule has 1 aromatic rings. The first-order valence-electron chi connectivity index (χ1n) is 6.54. The van der Waals surface area contributed by atoms with Gasteiger partial charge in [0, 0.05) is 21.7 Å². The topological polar surface area (TPSA) is 12.0 Å². The van der Waals surface area contributed by atoms with Gasteiger partial charge in [-0.25, -0.2) is 0 Å². The Morgan fingerprint density at radius 2 is 1.82 bits per heavy atom. The third-order valence-corrected chi connectivity index (χ3v) is 4.66. The average Bonchev–Trinajstić information content (AvgIpc) is 2.65. The molecule has 2 heteroatoms. The number of hydrogen-bond donors (Lipinski definition) is 1. The molecule has 0 radical (unpaired) electrons. The summed E-state index contributed by atoms with van der Waals surface area (Å²) >= 11 is 2.13. The molecule has 0 saturated heterocycles. The summed E-state index contributed by atoms with van der Waals surface area (Å²) in [4.78, 5) is 0. The van der Waals surface area contributed by atoms with Crippen LogP contribution in [0.15, 0.2) is 30.3 Å². The number of nitrogens with one attached hydrogen (secondary N) is 1. The minimum absolute atomic E-state index is 0.367. The smallest absolute Gasteiger partial charge is 0.0380 e. The summed E-state index contributed by atoms with van der Waals surface area (Å²) in [5.41, 5.74) is 1.26. The van der Waals surface area contributed by atoms with Crippen LogP contribution in [-0.4, -0.2) is 16.0 Å². The lowest BCUT2D eigenvalue weighted by molar-refractivity contribution is 0.741. The Morgan fingerprint density at radius 1 is 1.12 bits per heavy atom. The summed E-state index contributed by atoms with van der Waals surface area (Å²) in [7, 11) is 0. The van der Waals surface area contributed by atoms with Gasteiger partial charge in [-0.3, -0.25) is 0 Å². The second kappa shape index (κ2) is 5.34. The van der Waals surface area contributed by atoms with Crippen molar-refractivity contribution < 1.29 is 0 Å². The van der Waals surface area contributed by atoms with E-state index in [1.807, 2.05) is 0 Å². The summed E-state index contributed by atoms with van der Waals surface area (Å²) < 4.78 is 0.367. The molecule has 1 nitrogen and oxygen atoms in total. The third kappa shape index (κ3) is 3.95. The van der Waals surface area contributed by atoms with Gasteiger partial charge in [-0.05, 0) is 25.0 Å². The maximum atomic E-state index is 3.69. The first kappa shape index (κ1) is 12.8. The van der Waals surface area contributed by atoms with E-state index in [9.17, 15) is 0 Å². The molecule has 1 aliphatic rings. The lowest BCUT2D eigenvalue weighted by atomic mass is 10.2. The Bertz CT molecular complexity index is 342. The maximum absolute atomic E-state index is 3.69. The zero-order chi connectivity index (χ0) is 12.3. The van der Waals surface area contributed by atoms with Crippen LogP contribution in [0.2, 0.25) is 0 Å². The van der Waals surface area contributed by atoms with Gasteiger partial charge >= 0.3 is 0 Å². The highest BCUT2D eigenvalue weighted by atomic mass is 32.2. The molecule has 2 atom stereocenters. The monoisotopic (exact) mass is 249 g/mol. The summed E-state index contributed by atoms with van der Waals surface area (Å²) in [5, 5.41) is 4.45. The average molecular weight is 249 g/mol. The van der Waals surface area contributed by atoms with Gasteiger partial charge in [-0.2, -0.15) is 11.8 Å². The van der Waals surface area contributed by atoms with Crippen LogP contribution in [0.3, 0.4) is 0 Å². The molecule has 2 rings (SSSR count). The van der Waals surface area contributed by atoms with Gasteiger partial charge in [0.2, 0.25) is 0 Å². The van der Waals surface area contributed by atoms with Crippen LogP contribution in [0, 0.1) is 0 Å². The Balaban J connectivity index is 1.96. The number of rotatable bonds is 3. The molecule has 1 aliphatic carbocycles. The molecular formula is C15H23NS. The second-order valence-electron chi connectivity index (χ2n) is 5.82. The van der Waals surface area contributed by atoms with Crippen LogP contribution in [0.4, 0.5) is 5.69 Å². The Labute approximate surface area is 109 Å². The minimum Gasteiger partial charge on any atom is -0.381 e. The van der Waals surface area contributed by atoms with Crippen LogP contribution in [0.5, 0.6) is 0 Å². The van der Waals surface area contributed by atoms with E-state index in [0.29, 0.717) is 10.8 Å². The summed E-state index contributed by atoms with van der Waals surface area (Å²) in [6.07, 6.45) is 4.02. The molecule has 1 fully saturated rings. The number of anilines is 1. The Kier molecular flexibility index (Phi) is 4.03. The van der Waals surface area contributed by atoms with Gasteiger partial charge in [0.1, 0.15) is 0 Å². The van der Waals surface area contributed by atoms with E-state index in [4.69, 9.17) is 0 Å². The first-order chi connectivity index (χ1) is 8.04. The van der Waals surface area contributed by atoms with Crippen molar-refractivity contribution in [3.05, 3.63) is 30.3 Å². The van der Waals surface area contributed by atoms with Gasteiger partial charge in [0.15, 0.2) is 0 Å². The van der Waals surface area contributed by atoms with E-state index in [1.54, 1.807) is 0 Å². The lowest BCUT2D eigenvalue weighted by Crippen LogP contribution is -2.29. The van der Waals surface area contributed by atoms with Crippen molar-refractivity contribution in [1.82, 2.24) is 0 Å². The van der Waals surface area contributed by atoms with E-state index >= 15 is 0 Å². The Hall–Kier alpha value is -0.630. The molecule has 17 heavy (non-hydrogen) atoms. The van der Waals surface area contributed by atoms with Crippen molar-refractivity contribution in [3.63, 3.8) is 0 Å². The predicted octanol–water partition coefficient (Wildman–Crippen LogP) is 4.55. The molecule has 1 N–H and O–H groups in total. The fraction of sp³-hybridized carbons (Fsp3) is 0.600. The van der Waals surface area contributed by atoms with E-state index in [2.05, 4.69) is 68.2 Å². The van der Waals surface area contributed by atoms with E-state index < -0.39 is 0 Å². The van der Waals surface area contributed by atoms with Crippen LogP contribution in [0.1, 0.15) is 40.0 Å². The first-order valence-corrected chi connectivity index (χ1v) is 7.42. The number of para-hydroxylation sites is 1.